The molecule has 0 radical (unpaired) electrons. The zero-order valence-electron chi connectivity index (χ0n) is 6.72. The number of nitrogens with zero attached hydrogens (tertiary/aromatic N) is 1. The van der Waals surface area contributed by atoms with Crippen LogP contribution in [0, 0.1) is 0 Å². The van der Waals surface area contributed by atoms with Gasteiger partial charge >= 0.3 is 28.6 Å². The molecule has 11 heteroatoms. The summed E-state index contributed by atoms with van der Waals surface area (Å²) in [4.78, 5) is 18.4. The zero-order chi connectivity index (χ0) is 12.6. The van der Waals surface area contributed by atoms with Gasteiger partial charge in [0.25, 0.3) is 0 Å². The molecule has 0 atom stereocenters. The number of aliphatic carboxylic acids is 2. The first-order valence-corrected chi connectivity index (χ1v) is 3.89. The summed E-state index contributed by atoms with van der Waals surface area (Å²) in [6.07, 6.45) is -5.08. The van der Waals surface area contributed by atoms with Crippen molar-refractivity contribution < 1.29 is 41.4 Å². The minimum atomic E-state index is -5.08. The third-order valence-electron chi connectivity index (χ3n) is 0.548. The van der Waals surface area contributed by atoms with Crippen LogP contribution in [0.5, 0.6) is 0 Å². The number of carbonyl (C=O) groups is 2. The highest BCUT2D eigenvalue weighted by atomic mass is 32.2. The second kappa shape index (κ2) is 6.75. The van der Waals surface area contributed by atoms with Crippen molar-refractivity contribution in [3.05, 3.63) is 0 Å². The van der Waals surface area contributed by atoms with Gasteiger partial charge in [0.15, 0.2) is 6.54 Å². The summed E-state index contributed by atoms with van der Waals surface area (Å²) in [6, 6.07) is 0. The molecule has 0 heterocycles. The van der Waals surface area contributed by atoms with E-state index in [0.29, 0.717) is 0 Å². The SMILES string of the molecule is O=C(O)C(F)(F)F.O=C(O)CN=S(=O)=O. The number of carboxylic acid groups (broad SMARTS) is 2. The van der Waals surface area contributed by atoms with Gasteiger partial charge in [-0.2, -0.15) is 26.0 Å². The van der Waals surface area contributed by atoms with Crippen LogP contribution >= 0.6 is 0 Å². The van der Waals surface area contributed by atoms with Crippen LogP contribution in [0.1, 0.15) is 0 Å². The molecule has 0 saturated heterocycles. The quantitative estimate of drug-likeness (QED) is 0.698. The van der Waals surface area contributed by atoms with Crippen LogP contribution in [-0.2, 0) is 20.1 Å². The largest absolute Gasteiger partial charge is 0.490 e. The molecule has 88 valence electrons. The fraction of sp³-hybridized carbons (Fsp3) is 0.500. The van der Waals surface area contributed by atoms with Gasteiger partial charge in [-0.25, -0.2) is 4.79 Å². The van der Waals surface area contributed by atoms with Crippen LogP contribution in [0.15, 0.2) is 4.36 Å². The highest BCUT2D eigenvalue weighted by molar-refractivity contribution is 7.61. The molecule has 15 heavy (non-hydrogen) atoms. The summed E-state index contributed by atoms with van der Waals surface area (Å²) in [7, 11) is -2.59. The second-order valence-electron chi connectivity index (χ2n) is 1.70. The smallest absolute Gasteiger partial charge is 0.480 e. The van der Waals surface area contributed by atoms with Crippen LogP contribution in [0.4, 0.5) is 13.2 Å². The summed E-state index contributed by atoms with van der Waals surface area (Å²) >= 11 is 0. The summed E-state index contributed by atoms with van der Waals surface area (Å²) in [5.74, 6) is -4.01. The van der Waals surface area contributed by atoms with Gasteiger partial charge in [0.05, 0.1) is 0 Å². The summed E-state index contributed by atoms with van der Waals surface area (Å²) in [5.41, 5.74) is 0. The second-order valence-corrected chi connectivity index (χ2v) is 2.39. The van der Waals surface area contributed by atoms with Crippen LogP contribution in [0.2, 0.25) is 0 Å². The molecule has 0 aromatic carbocycles. The van der Waals surface area contributed by atoms with E-state index in [0.717, 1.165) is 0 Å². The van der Waals surface area contributed by atoms with Crippen molar-refractivity contribution in [2.45, 2.75) is 6.18 Å². The number of rotatable bonds is 2. The predicted molar refractivity (Wildman–Crippen MR) is 37.5 cm³/mol. The van der Waals surface area contributed by atoms with E-state index < -0.39 is 35.2 Å². The van der Waals surface area contributed by atoms with Crippen molar-refractivity contribution in [1.82, 2.24) is 0 Å². The number of alkyl halides is 3. The Kier molecular flexibility index (Phi) is 7.11. The van der Waals surface area contributed by atoms with E-state index in [1.54, 1.807) is 0 Å². The minimum absolute atomic E-state index is 0.684. The van der Waals surface area contributed by atoms with Crippen LogP contribution < -0.4 is 0 Å². The molecule has 0 fully saturated rings. The van der Waals surface area contributed by atoms with E-state index in [2.05, 4.69) is 4.36 Å². The van der Waals surface area contributed by atoms with Gasteiger partial charge in [-0.15, -0.1) is 0 Å². The van der Waals surface area contributed by atoms with E-state index in [9.17, 15) is 26.4 Å². The van der Waals surface area contributed by atoms with E-state index in [4.69, 9.17) is 15.0 Å². The molecule has 0 aromatic rings. The van der Waals surface area contributed by atoms with E-state index in [-0.39, 0.29) is 0 Å². The fourth-order valence-corrected chi connectivity index (χ4v) is 0.324. The maximum atomic E-state index is 10.6. The van der Waals surface area contributed by atoms with Crippen molar-refractivity contribution >= 4 is 22.4 Å². The molecule has 0 spiro atoms. The maximum absolute atomic E-state index is 10.6. The first-order valence-electron chi connectivity index (χ1n) is 2.86. The Morgan fingerprint density at radius 3 is 1.60 bits per heavy atom. The van der Waals surface area contributed by atoms with Gasteiger partial charge in [-0.3, -0.25) is 4.79 Å². The van der Waals surface area contributed by atoms with Gasteiger partial charge in [0, 0.05) is 0 Å². The lowest BCUT2D eigenvalue weighted by Gasteiger charge is -1.93. The minimum Gasteiger partial charge on any atom is -0.480 e. The third-order valence-corrected chi connectivity index (χ3v) is 0.888. The molecular weight excluding hydrogens is 247 g/mol. The molecule has 0 aliphatic heterocycles. The fourth-order valence-electron chi connectivity index (χ4n) is 0.108. The van der Waals surface area contributed by atoms with Crippen molar-refractivity contribution in [3.8, 4) is 0 Å². The first kappa shape index (κ1) is 15.8. The lowest BCUT2D eigenvalue weighted by Crippen LogP contribution is -2.21. The van der Waals surface area contributed by atoms with Crippen molar-refractivity contribution in [3.63, 3.8) is 0 Å². The van der Waals surface area contributed by atoms with Crippen LogP contribution in [-0.4, -0.2) is 43.3 Å². The molecule has 0 aliphatic carbocycles. The average molecular weight is 251 g/mol. The summed E-state index contributed by atoms with van der Waals surface area (Å²) in [5, 5.41) is 14.9. The lowest BCUT2D eigenvalue weighted by atomic mass is 10.7. The molecule has 0 unspecified atom stereocenters. The Morgan fingerprint density at radius 1 is 1.20 bits per heavy atom. The molecule has 0 aromatic heterocycles. The molecule has 2 N–H and O–H groups in total. The Balaban J connectivity index is 0. The monoisotopic (exact) mass is 251 g/mol. The normalized spacial score (nSPS) is 9.53. The van der Waals surface area contributed by atoms with Crippen molar-refractivity contribution in [2.24, 2.45) is 4.36 Å². The van der Waals surface area contributed by atoms with Gasteiger partial charge in [0.2, 0.25) is 0 Å². The Bertz CT molecular complexity index is 349. The molecule has 0 saturated carbocycles. The third kappa shape index (κ3) is 15.1. The molecular formula is C4H4F3NO6S. The Hall–Kier alpha value is -1.65. The van der Waals surface area contributed by atoms with E-state index in [1.807, 2.05) is 0 Å². The number of hydrogen-bond donors (Lipinski definition) is 2. The number of carboxylic acids is 2. The standard InChI is InChI=1S/C2HF3O2.C2H3NO4S/c3-2(4,5)1(6)7;4-2(5)1-3-8(6)7/h(H,6,7);1H2,(H,4,5). The van der Waals surface area contributed by atoms with Gasteiger partial charge in [-0.05, 0) is 0 Å². The molecule has 0 bridgehead atoms. The van der Waals surface area contributed by atoms with Gasteiger partial charge in [-0.1, -0.05) is 0 Å². The molecule has 0 rings (SSSR count). The summed E-state index contributed by atoms with van der Waals surface area (Å²) < 4.78 is 53.3. The maximum Gasteiger partial charge on any atom is 0.490 e. The van der Waals surface area contributed by atoms with Crippen molar-refractivity contribution in [2.75, 3.05) is 6.54 Å². The highest BCUT2D eigenvalue weighted by Crippen LogP contribution is 2.13. The Morgan fingerprint density at radius 2 is 1.53 bits per heavy atom. The van der Waals surface area contributed by atoms with Crippen LogP contribution in [0.3, 0.4) is 0 Å². The molecule has 0 amide bonds. The van der Waals surface area contributed by atoms with Crippen molar-refractivity contribution in [1.29, 1.82) is 0 Å². The average Bonchev–Trinajstić information content (AvgIpc) is 2.00. The Labute approximate surface area is 81.8 Å². The number of hydrogen-bond acceptors (Lipinski definition) is 5. The van der Waals surface area contributed by atoms with E-state index in [1.165, 1.54) is 0 Å². The summed E-state index contributed by atoms with van der Waals surface area (Å²) in [6.45, 7) is -0.684. The first-order chi connectivity index (χ1) is 6.57. The van der Waals surface area contributed by atoms with Gasteiger partial charge in [0.1, 0.15) is 0 Å². The van der Waals surface area contributed by atoms with Crippen LogP contribution in [0.25, 0.3) is 0 Å². The number of halogens is 3. The predicted octanol–water partition coefficient (Wildman–Crippen LogP) is -0.233. The zero-order valence-corrected chi connectivity index (χ0v) is 7.54. The lowest BCUT2D eigenvalue weighted by molar-refractivity contribution is -0.192. The van der Waals surface area contributed by atoms with Gasteiger partial charge < -0.3 is 10.2 Å². The molecule has 0 aliphatic rings. The highest BCUT2D eigenvalue weighted by Gasteiger charge is 2.38. The molecule has 7 nitrogen and oxygen atoms in total. The topological polar surface area (TPSA) is 121 Å². The van der Waals surface area contributed by atoms with E-state index >= 15 is 0 Å².